The second-order valence-electron chi connectivity index (χ2n) is 8.17. The highest BCUT2D eigenvalue weighted by Crippen LogP contribution is 2.22. The number of amides is 1. The highest BCUT2D eigenvalue weighted by molar-refractivity contribution is 6.23. The number of aromatic amines is 1. The minimum Gasteiger partial charge on any atom is -0.489 e. The molecule has 4 aromatic carbocycles. The van der Waals surface area contributed by atoms with Crippen LogP contribution in [0.4, 0.5) is 0 Å². The van der Waals surface area contributed by atoms with Crippen molar-refractivity contribution in [3.63, 3.8) is 0 Å². The highest BCUT2D eigenvalue weighted by Gasteiger charge is 2.16. The fourth-order valence-electron chi connectivity index (χ4n) is 3.76. The molecule has 1 heterocycles. The fourth-order valence-corrected chi connectivity index (χ4v) is 3.76. The maximum absolute atomic E-state index is 13.3. The predicted octanol–water partition coefficient (Wildman–Crippen LogP) is 6.00. The van der Waals surface area contributed by atoms with E-state index in [9.17, 15) is 4.79 Å². The van der Waals surface area contributed by atoms with Crippen molar-refractivity contribution in [2.75, 3.05) is 0 Å². The molecule has 0 bridgehead atoms. The first kappa shape index (κ1) is 22.2. The number of nitrogens with one attached hydrogen (secondary N) is 2. The number of imidazole rings is 1. The largest absolute Gasteiger partial charge is 0.489 e. The lowest BCUT2D eigenvalue weighted by molar-refractivity contribution is -0.115. The molecular weight excluding hydrogens is 434 g/mol. The van der Waals surface area contributed by atoms with Crippen molar-refractivity contribution in [1.82, 2.24) is 15.3 Å². The van der Waals surface area contributed by atoms with E-state index in [4.69, 9.17) is 4.74 Å². The fraction of sp³-hybridized carbons (Fsp3) is 0.0667. The molecule has 35 heavy (non-hydrogen) atoms. The maximum Gasteiger partial charge on any atom is 0.255 e. The van der Waals surface area contributed by atoms with Crippen LogP contribution in [-0.4, -0.2) is 15.9 Å². The third-order valence-electron chi connectivity index (χ3n) is 5.62. The Bertz CT molecular complexity index is 1410. The molecule has 0 aliphatic carbocycles. The van der Waals surface area contributed by atoms with Crippen LogP contribution in [0.5, 0.6) is 5.75 Å². The Balaban J connectivity index is 1.38. The first-order valence-electron chi connectivity index (χ1n) is 11.5. The molecule has 5 rings (SSSR count). The van der Waals surface area contributed by atoms with Crippen LogP contribution >= 0.6 is 0 Å². The summed E-state index contributed by atoms with van der Waals surface area (Å²) in [7, 11) is 0. The van der Waals surface area contributed by atoms with Gasteiger partial charge in [0.2, 0.25) is 0 Å². The topological polar surface area (TPSA) is 67.0 Å². The molecule has 0 atom stereocenters. The van der Waals surface area contributed by atoms with Crippen LogP contribution in [0.3, 0.4) is 0 Å². The van der Waals surface area contributed by atoms with Crippen molar-refractivity contribution in [1.29, 1.82) is 0 Å². The summed E-state index contributed by atoms with van der Waals surface area (Å²) >= 11 is 0. The van der Waals surface area contributed by atoms with Gasteiger partial charge in [0.15, 0.2) is 0 Å². The number of hydrogen-bond donors (Lipinski definition) is 2. The number of ether oxygens (including phenoxy) is 1. The van der Waals surface area contributed by atoms with E-state index in [0.717, 1.165) is 33.5 Å². The van der Waals surface area contributed by atoms with Crippen LogP contribution in [0.25, 0.3) is 22.7 Å². The molecular formula is C30H25N3O2. The molecule has 0 fully saturated rings. The van der Waals surface area contributed by atoms with Gasteiger partial charge in [-0.05, 0) is 47.0 Å². The lowest BCUT2D eigenvalue weighted by atomic mass is 10.1. The van der Waals surface area contributed by atoms with Gasteiger partial charge in [-0.15, -0.1) is 0 Å². The second kappa shape index (κ2) is 10.5. The lowest BCUT2D eigenvalue weighted by Gasteiger charge is -2.09. The molecule has 0 saturated carbocycles. The number of H-pyrrole nitrogens is 1. The summed E-state index contributed by atoms with van der Waals surface area (Å²) in [6.45, 7) is 0.936. The summed E-state index contributed by atoms with van der Waals surface area (Å²) in [4.78, 5) is 21.2. The van der Waals surface area contributed by atoms with Crippen LogP contribution in [-0.2, 0) is 17.9 Å². The molecule has 0 saturated heterocycles. The summed E-state index contributed by atoms with van der Waals surface area (Å²) < 4.78 is 5.89. The summed E-state index contributed by atoms with van der Waals surface area (Å²) in [6, 6.07) is 35.3. The predicted molar refractivity (Wildman–Crippen MR) is 139 cm³/mol. The van der Waals surface area contributed by atoms with Crippen LogP contribution in [0.1, 0.15) is 22.5 Å². The third-order valence-corrected chi connectivity index (χ3v) is 5.62. The number of fused-ring (bicyclic) bond motifs is 1. The number of carbonyl (C=O) groups is 1. The van der Waals surface area contributed by atoms with Gasteiger partial charge in [-0.25, -0.2) is 4.98 Å². The van der Waals surface area contributed by atoms with E-state index >= 15 is 0 Å². The molecule has 0 radical (unpaired) electrons. The smallest absolute Gasteiger partial charge is 0.255 e. The van der Waals surface area contributed by atoms with Crippen LogP contribution < -0.4 is 10.1 Å². The Hall–Kier alpha value is -4.64. The van der Waals surface area contributed by atoms with E-state index in [0.29, 0.717) is 24.5 Å². The number of rotatable bonds is 8. The lowest BCUT2D eigenvalue weighted by Crippen LogP contribution is -2.24. The van der Waals surface area contributed by atoms with Crippen molar-refractivity contribution in [2.45, 2.75) is 13.2 Å². The summed E-state index contributed by atoms with van der Waals surface area (Å²) in [5, 5.41) is 3.02. The molecule has 5 nitrogen and oxygen atoms in total. The highest BCUT2D eigenvalue weighted by atomic mass is 16.5. The number of benzene rings is 4. The second-order valence-corrected chi connectivity index (χ2v) is 8.17. The Morgan fingerprint density at radius 2 is 1.46 bits per heavy atom. The van der Waals surface area contributed by atoms with Gasteiger partial charge in [-0.3, -0.25) is 4.79 Å². The summed E-state index contributed by atoms with van der Waals surface area (Å²) in [5.41, 5.74) is 5.18. The van der Waals surface area contributed by atoms with Gasteiger partial charge in [0.05, 0.1) is 16.6 Å². The van der Waals surface area contributed by atoms with Crippen molar-refractivity contribution in [2.24, 2.45) is 0 Å². The molecule has 1 amide bonds. The minimum atomic E-state index is -0.197. The van der Waals surface area contributed by atoms with Crippen molar-refractivity contribution in [3.05, 3.63) is 132 Å². The number of hydrogen-bond acceptors (Lipinski definition) is 3. The van der Waals surface area contributed by atoms with Crippen LogP contribution in [0.15, 0.2) is 109 Å². The number of aromatic nitrogens is 2. The van der Waals surface area contributed by atoms with E-state index in [1.54, 1.807) is 0 Å². The minimum absolute atomic E-state index is 0.197. The zero-order valence-corrected chi connectivity index (χ0v) is 19.1. The van der Waals surface area contributed by atoms with Crippen molar-refractivity contribution in [3.8, 4) is 5.75 Å². The molecule has 0 aliphatic rings. The first-order valence-corrected chi connectivity index (χ1v) is 11.5. The zero-order chi connectivity index (χ0) is 23.9. The number of nitrogens with zero attached hydrogens (tertiary/aromatic N) is 1. The third kappa shape index (κ3) is 5.65. The quantitative estimate of drug-likeness (QED) is 0.280. The average Bonchev–Trinajstić information content (AvgIpc) is 3.35. The Labute approximate surface area is 204 Å². The first-order chi connectivity index (χ1) is 17.2. The van der Waals surface area contributed by atoms with Crippen LogP contribution in [0, 0.1) is 0 Å². The van der Waals surface area contributed by atoms with E-state index < -0.39 is 0 Å². The van der Waals surface area contributed by atoms with Gasteiger partial charge in [0.25, 0.3) is 5.91 Å². The molecule has 2 N–H and O–H groups in total. The van der Waals surface area contributed by atoms with Crippen molar-refractivity contribution >= 4 is 28.6 Å². The number of para-hydroxylation sites is 2. The molecule has 5 aromatic rings. The van der Waals surface area contributed by atoms with Gasteiger partial charge in [-0.2, -0.15) is 0 Å². The standard InChI is InChI=1S/C30H25N3O2/c34-30(31-20-23-9-3-1-4-10-23)26(29-32-27-13-7-8-14-28(27)33-29)19-22-15-17-25(18-16-22)35-21-24-11-5-2-6-12-24/h1-19H,20-21H2,(H,31,34)(H,32,33)/b26-19+. The van der Waals surface area contributed by atoms with Gasteiger partial charge >= 0.3 is 0 Å². The van der Waals surface area contributed by atoms with E-state index in [1.165, 1.54) is 0 Å². The van der Waals surface area contributed by atoms with Crippen molar-refractivity contribution < 1.29 is 9.53 Å². The maximum atomic E-state index is 13.3. The molecule has 1 aromatic heterocycles. The van der Waals surface area contributed by atoms with Crippen LogP contribution in [0.2, 0.25) is 0 Å². The number of carbonyl (C=O) groups excluding carboxylic acids is 1. The summed E-state index contributed by atoms with van der Waals surface area (Å²) in [5.74, 6) is 1.10. The monoisotopic (exact) mass is 459 g/mol. The van der Waals surface area contributed by atoms with E-state index in [2.05, 4.69) is 15.3 Å². The molecule has 0 unspecified atom stereocenters. The van der Waals surface area contributed by atoms with E-state index in [-0.39, 0.29) is 5.91 Å². The molecule has 5 heteroatoms. The molecule has 172 valence electrons. The SMILES string of the molecule is O=C(NCc1ccccc1)/C(=C/c1ccc(OCc2ccccc2)cc1)c1nc2ccccc2[nH]1. The zero-order valence-electron chi connectivity index (χ0n) is 19.1. The summed E-state index contributed by atoms with van der Waals surface area (Å²) in [6.07, 6.45) is 1.85. The normalized spacial score (nSPS) is 11.4. The van der Waals surface area contributed by atoms with Gasteiger partial charge in [0.1, 0.15) is 18.2 Å². The van der Waals surface area contributed by atoms with Gasteiger partial charge < -0.3 is 15.0 Å². The Morgan fingerprint density at radius 1 is 0.800 bits per heavy atom. The van der Waals surface area contributed by atoms with Gasteiger partial charge in [-0.1, -0.05) is 84.9 Å². The van der Waals surface area contributed by atoms with Gasteiger partial charge in [0, 0.05) is 6.54 Å². The molecule has 0 aliphatic heterocycles. The molecule has 0 spiro atoms. The Kier molecular flexibility index (Phi) is 6.67. The van der Waals surface area contributed by atoms with E-state index in [1.807, 2.05) is 115 Å². The Morgan fingerprint density at radius 3 is 2.17 bits per heavy atom. The average molecular weight is 460 g/mol.